The summed E-state index contributed by atoms with van der Waals surface area (Å²) in [5, 5.41) is 0.253. The SMILES string of the molecule is COC(=O)C1CN(C(=O)c2ccnc(Cl)c2)CCO1. The molecule has 2 rings (SSSR count). The molecular formula is C12H13ClN2O4. The molecule has 1 saturated heterocycles. The number of pyridine rings is 1. The molecule has 1 amide bonds. The van der Waals surface area contributed by atoms with Crippen molar-refractivity contribution in [3.63, 3.8) is 0 Å². The predicted octanol–water partition coefficient (Wildman–Crippen LogP) is 0.749. The van der Waals surface area contributed by atoms with Gasteiger partial charge in [0.15, 0.2) is 6.10 Å². The fourth-order valence-corrected chi connectivity index (χ4v) is 2.00. The lowest BCUT2D eigenvalue weighted by atomic mass is 10.2. The van der Waals surface area contributed by atoms with Crippen molar-refractivity contribution in [2.45, 2.75) is 6.10 Å². The molecule has 1 aliphatic rings. The molecule has 19 heavy (non-hydrogen) atoms. The van der Waals surface area contributed by atoms with Gasteiger partial charge in [0.25, 0.3) is 5.91 Å². The van der Waals surface area contributed by atoms with Crippen molar-refractivity contribution in [1.29, 1.82) is 0 Å². The first-order valence-electron chi connectivity index (χ1n) is 5.72. The van der Waals surface area contributed by atoms with E-state index >= 15 is 0 Å². The third-order valence-corrected chi connectivity index (χ3v) is 3.00. The van der Waals surface area contributed by atoms with Gasteiger partial charge in [0.2, 0.25) is 0 Å². The summed E-state index contributed by atoms with van der Waals surface area (Å²) >= 11 is 5.75. The largest absolute Gasteiger partial charge is 0.467 e. The number of morpholine rings is 1. The fraction of sp³-hybridized carbons (Fsp3) is 0.417. The summed E-state index contributed by atoms with van der Waals surface area (Å²) < 4.78 is 9.87. The van der Waals surface area contributed by atoms with E-state index < -0.39 is 12.1 Å². The minimum Gasteiger partial charge on any atom is -0.467 e. The molecule has 0 bridgehead atoms. The number of amides is 1. The van der Waals surface area contributed by atoms with Gasteiger partial charge in [-0.3, -0.25) is 4.79 Å². The van der Waals surface area contributed by atoms with Gasteiger partial charge in [-0.05, 0) is 12.1 Å². The highest BCUT2D eigenvalue weighted by Gasteiger charge is 2.30. The van der Waals surface area contributed by atoms with Crippen LogP contribution in [0.5, 0.6) is 0 Å². The van der Waals surface area contributed by atoms with Gasteiger partial charge < -0.3 is 14.4 Å². The molecule has 1 fully saturated rings. The summed E-state index contributed by atoms with van der Waals surface area (Å²) in [6.07, 6.45) is 0.730. The van der Waals surface area contributed by atoms with Crippen molar-refractivity contribution in [2.75, 3.05) is 26.8 Å². The molecule has 7 heteroatoms. The predicted molar refractivity (Wildman–Crippen MR) is 66.9 cm³/mol. The smallest absolute Gasteiger partial charge is 0.336 e. The van der Waals surface area contributed by atoms with Gasteiger partial charge in [-0.25, -0.2) is 9.78 Å². The van der Waals surface area contributed by atoms with Crippen LogP contribution in [0.15, 0.2) is 18.3 Å². The second kappa shape index (κ2) is 5.99. The first-order chi connectivity index (χ1) is 9.11. The van der Waals surface area contributed by atoms with E-state index in [2.05, 4.69) is 9.72 Å². The Bertz CT molecular complexity index is 494. The van der Waals surface area contributed by atoms with Crippen molar-refractivity contribution in [2.24, 2.45) is 0 Å². The zero-order valence-corrected chi connectivity index (χ0v) is 11.1. The molecule has 0 saturated carbocycles. The van der Waals surface area contributed by atoms with Crippen molar-refractivity contribution in [3.8, 4) is 0 Å². The Balaban J connectivity index is 2.09. The molecule has 1 aromatic rings. The monoisotopic (exact) mass is 284 g/mol. The second-order valence-electron chi connectivity index (χ2n) is 4.00. The van der Waals surface area contributed by atoms with Crippen LogP contribution < -0.4 is 0 Å². The van der Waals surface area contributed by atoms with E-state index in [4.69, 9.17) is 16.3 Å². The summed E-state index contributed by atoms with van der Waals surface area (Å²) in [6, 6.07) is 3.07. The number of nitrogens with zero attached hydrogens (tertiary/aromatic N) is 2. The zero-order chi connectivity index (χ0) is 13.8. The van der Waals surface area contributed by atoms with Crippen LogP contribution in [0, 0.1) is 0 Å². The number of esters is 1. The molecule has 1 aromatic heterocycles. The summed E-state index contributed by atoms with van der Waals surface area (Å²) in [5.41, 5.74) is 0.436. The maximum Gasteiger partial charge on any atom is 0.336 e. The minimum atomic E-state index is -0.736. The van der Waals surface area contributed by atoms with Gasteiger partial charge in [-0.15, -0.1) is 0 Å². The molecule has 1 atom stereocenters. The molecule has 6 nitrogen and oxygen atoms in total. The highest BCUT2D eigenvalue weighted by molar-refractivity contribution is 6.29. The third kappa shape index (κ3) is 3.21. The number of carbonyl (C=O) groups is 2. The van der Waals surface area contributed by atoms with Crippen LogP contribution in [0.25, 0.3) is 0 Å². The minimum absolute atomic E-state index is 0.172. The lowest BCUT2D eigenvalue weighted by molar-refractivity contribution is -0.158. The van der Waals surface area contributed by atoms with Crippen LogP contribution in [0.4, 0.5) is 0 Å². The maximum absolute atomic E-state index is 12.2. The molecule has 0 aliphatic carbocycles. The summed E-state index contributed by atoms with van der Waals surface area (Å²) in [6.45, 7) is 0.891. The van der Waals surface area contributed by atoms with Gasteiger partial charge >= 0.3 is 5.97 Å². The van der Waals surface area contributed by atoms with Gasteiger partial charge in [0.05, 0.1) is 20.3 Å². The molecule has 1 unspecified atom stereocenters. The molecule has 0 aromatic carbocycles. The Morgan fingerprint density at radius 2 is 2.37 bits per heavy atom. The molecule has 102 valence electrons. The number of ether oxygens (including phenoxy) is 2. The maximum atomic E-state index is 12.2. The van der Waals surface area contributed by atoms with Crippen molar-refractivity contribution in [3.05, 3.63) is 29.0 Å². The Morgan fingerprint density at radius 3 is 3.05 bits per heavy atom. The number of methoxy groups -OCH3 is 1. The Morgan fingerprint density at radius 1 is 1.58 bits per heavy atom. The third-order valence-electron chi connectivity index (χ3n) is 2.79. The average Bonchev–Trinajstić information content (AvgIpc) is 2.45. The van der Waals surface area contributed by atoms with Crippen LogP contribution >= 0.6 is 11.6 Å². The van der Waals surface area contributed by atoms with Gasteiger partial charge in [-0.2, -0.15) is 0 Å². The zero-order valence-electron chi connectivity index (χ0n) is 10.3. The van der Waals surface area contributed by atoms with Crippen LogP contribution in [0.1, 0.15) is 10.4 Å². The quantitative estimate of drug-likeness (QED) is 0.592. The Kier molecular flexibility index (Phi) is 4.34. The molecular weight excluding hydrogens is 272 g/mol. The molecule has 1 aliphatic heterocycles. The highest BCUT2D eigenvalue weighted by Crippen LogP contribution is 2.13. The number of hydrogen-bond acceptors (Lipinski definition) is 5. The lowest BCUT2D eigenvalue weighted by Gasteiger charge is -2.31. The van der Waals surface area contributed by atoms with E-state index in [9.17, 15) is 9.59 Å². The van der Waals surface area contributed by atoms with Gasteiger partial charge in [0, 0.05) is 18.3 Å². The van der Waals surface area contributed by atoms with Crippen molar-refractivity contribution < 1.29 is 19.1 Å². The molecule has 0 radical (unpaired) electrons. The van der Waals surface area contributed by atoms with Gasteiger partial charge in [-0.1, -0.05) is 11.6 Å². The first-order valence-corrected chi connectivity index (χ1v) is 6.10. The second-order valence-corrected chi connectivity index (χ2v) is 4.39. The van der Waals surface area contributed by atoms with E-state index in [0.717, 1.165) is 0 Å². The number of carbonyl (C=O) groups excluding carboxylic acids is 2. The fourth-order valence-electron chi connectivity index (χ4n) is 1.83. The molecule has 0 N–H and O–H groups in total. The standard InChI is InChI=1S/C12H13ClN2O4/c1-18-12(17)9-7-15(4-5-19-9)11(16)8-2-3-14-10(13)6-8/h2-3,6,9H,4-5,7H2,1H3. The van der Waals surface area contributed by atoms with Crippen LogP contribution in [0.2, 0.25) is 5.15 Å². The lowest BCUT2D eigenvalue weighted by Crippen LogP contribution is -2.48. The summed E-state index contributed by atoms with van der Waals surface area (Å²) in [4.78, 5) is 29.0. The Labute approximate surface area is 115 Å². The van der Waals surface area contributed by atoms with Gasteiger partial charge in [0.1, 0.15) is 5.15 Å². The van der Waals surface area contributed by atoms with E-state index in [0.29, 0.717) is 18.7 Å². The number of hydrogen-bond donors (Lipinski definition) is 0. The normalized spacial score (nSPS) is 19.1. The van der Waals surface area contributed by atoms with Crippen LogP contribution in [0.3, 0.4) is 0 Å². The van der Waals surface area contributed by atoms with Crippen LogP contribution in [-0.2, 0) is 14.3 Å². The van der Waals surface area contributed by atoms with E-state index in [1.54, 1.807) is 6.07 Å². The number of halogens is 1. The number of rotatable bonds is 2. The first kappa shape index (κ1) is 13.8. The topological polar surface area (TPSA) is 68.7 Å². The van der Waals surface area contributed by atoms with E-state index in [1.165, 1.54) is 24.3 Å². The summed E-state index contributed by atoms with van der Waals surface area (Å²) in [5.74, 6) is -0.688. The van der Waals surface area contributed by atoms with Crippen molar-refractivity contribution >= 4 is 23.5 Å². The number of aromatic nitrogens is 1. The van der Waals surface area contributed by atoms with Crippen LogP contribution in [-0.4, -0.2) is 54.7 Å². The highest BCUT2D eigenvalue weighted by atomic mass is 35.5. The van der Waals surface area contributed by atoms with Crippen molar-refractivity contribution in [1.82, 2.24) is 9.88 Å². The van der Waals surface area contributed by atoms with E-state index in [-0.39, 0.29) is 17.6 Å². The summed E-state index contributed by atoms with van der Waals surface area (Å²) in [7, 11) is 1.29. The van der Waals surface area contributed by atoms with E-state index in [1.807, 2.05) is 0 Å². The molecule has 2 heterocycles. The average molecular weight is 285 g/mol. The molecule has 0 spiro atoms. The Hall–Kier alpha value is -1.66.